The second-order valence-corrected chi connectivity index (χ2v) is 6.89. The zero-order valence-corrected chi connectivity index (χ0v) is 16.5. The summed E-state index contributed by atoms with van der Waals surface area (Å²) in [7, 11) is 0. The van der Waals surface area contributed by atoms with Crippen LogP contribution in [0, 0.1) is 0 Å². The van der Waals surface area contributed by atoms with Crippen molar-refractivity contribution in [3.63, 3.8) is 0 Å². The fourth-order valence-corrected chi connectivity index (χ4v) is 3.15. The van der Waals surface area contributed by atoms with Crippen LogP contribution in [-0.2, 0) is 4.74 Å². The first kappa shape index (κ1) is 22.7. The summed E-state index contributed by atoms with van der Waals surface area (Å²) in [5.74, 6) is -1.37. The summed E-state index contributed by atoms with van der Waals surface area (Å²) in [5, 5.41) is 69.1. The molecule has 3 aromatic rings. The van der Waals surface area contributed by atoms with Crippen LogP contribution in [0.25, 0.3) is 22.3 Å². The van der Waals surface area contributed by atoms with E-state index >= 15 is 0 Å². The monoisotopic (exact) mass is 454 g/mol. The smallest absolute Gasteiger partial charge is 0.402 e. The summed E-state index contributed by atoms with van der Waals surface area (Å²) in [4.78, 5) is 0. The van der Waals surface area contributed by atoms with Crippen molar-refractivity contribution in [3.05, 3.63) is 36.4 Å². The first-order valence-corrected chi connectivity index (χ1v) is 8.92. The number of hydrogen-bond donors (Lipinski definition) is 7. The standard InChI is InChI=1S/C20H18O10.ClH/c21-9-4-12(23)10-6-16(30-20-18(27)17(26)14(25)7-28-20)19(29-15(10)5-9)8-1-2-11(22)13(24)3-8;/h1-6,14,17-18,20,25-27H,7H2,(H3-,21,22,23,24);1H/t14-,17+,18?,20?;/m1./s1. The third-order valence-corrected chi connectivity index (χ3v) is 4.75. The maximum Gasteiger partial charge on any atom is 0.402 e. The summed E-state index contributed by atoms with van der Waals surface area (Å²) < 4.78 is 16.7. The van der Waals surface area contributed by atoms with Gasteiger partial charge in [-0.1, -0.05) is 0 Å². The number of aliphatic hydroxyl groups excluding tert-OH is 3. The van der Waals surface area contributed by atoms with Gasteiger partial charge in [-0.3, -0.25) is 0 Å². The second-order valence-electron chi connectivity index (χ2n) is 6.89. The van der Waals surface area contributed by atoms with Crippen molar-refractivity contribution in [2.45, 2.75) is 24.6 Å². The average Bonchev–Trinajstić information content (AvgIpc) is 2.70. The molecule has 2 aromatic carbocycles. The Morgan fingerprint density at radius 3 is 2.32 bits per heavy atom. The molecule has 2 unspecified atom stereocenters. The lowest BCUT2D eigenvalue weighted by Crippen LogP contribution is -3.00. The van der Waals surface area contributed by atoms with Crippen molar-refractivity contribution >= 4 is 11.0 Å². The highest BCUT2D eigenvalue weighted by Gasteiger charge is 2.40. The van der Waals surface area contributed by atoms with E-state index in [1.165, 1.54) is 30.3 Å². The molecule has 1 saturated heterocycles. The third kappa shape index (κ3) is 4.24. The van der Waals surface area contributed by atoms with Crippen LogP contribution in [0.5, 0.6) is 28.7 Å². The van der Waals surface area contributed by atoms with Gasteiger partial charge in [0.1, 0.15) is 35.2 Å². The van der Waals surface area contributed by atoms with Crippen molar-refractivity contribution in [3.8, 4) is 40.1 Å². The Morgan fingerprint density at radius 1 is 0.871 bits per heavy atom. The van der Waals surface area contributed by atoms with Gasteiger partial charge in [-0.2, -0.15) is 0 Å². The zero-order valence-electron chi connectivity index (χ0n) is 15.7. The van der Waals surface area contributed by atoms with Crippen LogP contribution in [0.2, 0.25) is 0 Å². The van der Waals surface area contributed by atoms with Crippen LogP contribution in [0.1, 0.15) is 0 Å². The van der Waals surface area contributed by atoms with Gasteiger partial charge in [0, 0.05) is 18.2 Å². The van der Waals surface area contributed by atoms with E-state index in [2.05, 4.69) is 0 Å². The zero-order chi connectivity index (χ0) is 21.6. The molecule has 0 radical (unpaired) electrons. The topological polar surface area (TPSA) is 171 Å². The quantitative estimate of drug-likeness (QED) is 0.174. The lowest BCUT2D eigenvalue weighted by atomic mass is 10.1. The molecule has 0 amide bonds. The molecular formula is C20H19ClO10. The van der Waals surface area contributed by atoms with Gasteiger partial charge in [0.15, 0.2) is 11.5 Å². The van der Waals surface area contributed by atoms with Crippen LogP contribution in [0.3, 0.4) is 0 Å². The van der Waals surface area contributed by atoms with Crippen LogP contribution in [-0.4, -0.2) is 67.0 Å². The lowest BCUT2D eigenvalue weighted by molar-refractivity contribution is -0.242. The Morgan fingerprint density at radius 2 is 1.61 bits per heavy atom. The summed E-state index contributed by atoms with van der Waals surface area (Å²) in [6.45, 7) is -0.290. The van der Waals surface area contributed by atoms with Gasteiger partial charge in [-0.05, 0) is 12.1 Å². The molecule has 4 atom stereocenters. The van der Waals surface area contributed by atoms with Crippen LogP contribution < -0.4 is 17.1 Å². The molecule has 1 aliphatic rings. The minimum Gasteiger partial charge on any atom is -1.00 e. The fraction of sp³-hybridized carbons (Fsp3) is 0.250. The number of ether oxygens (including phenoxy) is 2. The van der Waals surface area contributed by atoms with Crippen molar-refractivity contribution in [2.75, 3.05) is 6.61 Å². The van der Waals surface area contributed by atoms with Gasteiger partial charge in [0.05, 0.1) is 18.2 Å². The number of hydrogen-bond acceptors (Lipinski definition) is 9. The van der Waals surface area contributed by atoms with E-state index in [9.17, 15) is 35.7 Å². The summed E-state index contributed by atoms with van der Waals surface area (Å²) >= 11 is 0. The fourth-order valence-electron chi connectivity index (χ4n) is 3.15. The van der Waals surface area contributed by atoms with E-state index in [4.69, 9.17) is 13.9 Å². The van der Waals surface area contributed by atoms with Crippen molar-refractivity contribution < 1.29 is 62.0 Å². The highest BCUT2D eigenvalue weighted by atomic mass is 35.5. The molecule has 0 bridgehead atoms. The third-order valence-electron chi connectivity index (χ3n) is 4.75. The minimum absolute atomic E-state index is 0. The molecule has 7 N–H and O–H groups in total. The summed E-state index contributed by atoms with van der Waals surface area (Å²) in [5.41, 5.74) is 0.346. The molecular weight excluding hydrogens is 436 g/mol. The molecule has 10 nitrogen and oxygen atoms in total. The molecule has 31 heavy (non-hydrogen) atoms. The summed E-state index contributed by atoms with van der Waals surface area (Å²) in [6, 6.07) is 7.56. The first-order valence-electron chi connectivity index (χ1n) is 8.92. The Labute approximate surface area is 181 Å². The van der Waals surface area contributed by atoms with Gasteiger partial charge in [-0.15, -0.1) is 0 Å². The van der Waals surface area contributed by atoms with E-state index in [1.54, 1.807) is 0 Å². The molecule has 1 fully saturated rings. The maximum atomic E-state index is 10.2. The van der Waals surface area contributed by atoms with Crippen LogP contribution in [0.15, 0.2) is 40.8 Å². The summed E-state index contributed by atoms with van der Waals surface area (Å²) in [6.07, 6.45) is -5.76. The van der Waals surface area contributed by atoms with E-state index in [0.29, 0.717) is 0 Å². The second kappa shape index (κ2) is 8.61. The number of aliphatic hydroxyl groups is 3. The number of fused-ring (bicyclic) bond motifs is 1. The van der Waals surface area contributed by atoms with Gasteiger partial charge in [0.2, 0.25) is 12.0 Å². The van der Waals surface area contributed by atoms with Crippen molar-refractivity contribution in [2.24, 2.45) is 0 Å². The Kier molecular flexibility index (Phi) is 6.30. The number of aromatic hydroxyl groups is 4. The normalized spacial score (nSPS) is 23.3. The van der Waals surface area contributed by atoms with Gasteiger partial charge < -0.3 is 57.6 Å². The Hall–Kier alpha value is -3.02. The number of phenols is 4. The highest BCUT2D eigenvalue weighted by Crippen LogP contribution is 2.41. The Balaban J connectivity index is 0.00000272. The SMILES string of the molecule is Oc1cc(O)c2cc(OC3OC[C@@H](O)[C@H](O)C3O)c(-c3ccc(O)c(O)c3)[o+]c2c1.[Cl-]. The largest absolute Gasteiger partial charge is 1.00 e. The number of rotatable bonds is 3. The molecule has 1 aliphatic heterocycles. The minimum atomic E-state index is -1.58. The van der Waals surface area contributed by atoms with Gasteiger partial charge in [-0.25, -0.2) is 4.42 Å². The van der Waals surface area contributed by atoms with E-state index in [0.717, 1.165) is 6.07 Å². The average molecular weight is 455 g/mol. The molecule has 0 saturated carbocycles. The molecule has 0 aliphatic carbocycles. The molecule has 4 rings (SSSR count). The molecule has 0 spiro atoms. The van der Waals surface area contributed by atoms with E-state index in [-0.39, 0.29) is 64.3 Å². The van der Waals surface area contributed by atoms with Crippen molar-refractivity contribution in [1.29, 1.82) is 0 Å². The number of phenolic OH excluding ortho intramolecular Hbond substituents is 4. The lowest BCUT2D eigenvalue weighted by Gasteiger charge is -2.34. The van der Waals surface area contributed by atoms with Gasteiger partial charge in [0.25, 0.3) is 0 Å². The maximum absolute atomic E-state index is 10.2. The van der Waals surface area contributed by atoms with Crippen LogP contribution in [0.4, 0.5) is 0 Å². The van der Waals surface area contributed by atoms with Crippen LogP contribution >= 0.6 is 0 Å². The Bertz CT molecular complexity index is 1110. The molecule has 1 aromatic heterocycles. The highest BCUT2D eigenvalue weighted by molar-refractivity contribution is 5.88. The van der Waals surface area contributed by atoms with E-state index < -0.39 is 30.4 Å². The predicted molar refractivity (Wildman–Crippen MR) is 101 cm³/mol. The number of halogens is 1. The molecule has 11 heteroatoms. The number of benzene rings is 2. The molecule has 166 valence electrons. The van der Waals surface area contributed by atoms with Crippen molar-refractivity contribution in [1.82, 2.24) is 0 Å². The van der Waals surface area contributed by atoms with Gasteiger partial charge >= 0.3 is 11.3 Å². The molecule has 2 heterocycles. The first-order chi connectivity index (χ1) is 14.2. The van der Waals surface area contributed by atoms with E-state index in [1.807, 2.05) is 0 Å². The predicted octanol–water partition coefficient (Wildman–Crippen LogP) is -1.97.